The number of anilines is 3. The highest BCUT2D eigenvalue weighted by Gasteiger charge is 2.11. The summed E-state index contributed by atoms with van der Waals surface area (Å²) in [6.45, 7) is 0. The first-order valence-electron chi connectivity index (χ1n) is 9.14. The van der Waals surface area contributed by atoms with E-state index in [0.717, 1.165) is 22.6 Å². The Morgan fingerprint density at radius 1 is 0.931 bits per heavy atom. The van der Waals surface area contributed by atoms with Crippen molar-refractivity contribution in [1.82, 2.24) is 0 Å². The van der Waals surface area contributed by atoms with Crippen molar-refractivity contribution in [2.75, 3.05) is 30.9 Å². The molecule has 3 aromatic carbocycles. The molecule has 0 aliphatic carbocycles. The van der Waals surface area contributed by atoms with Crippen LogP contribution in [0.15, 0.2) is 77.3 Å². The first kappa shape index (κ1) is 20.8. The van der Waals surface area contributed by atoms with Gasteiger partial charge in [0.25, 0.3) is 0 Å². The number of hydrogen-bond acceptors (Lipinski definition) is 3. The minimum absolute atomic E-state index is 0.0534. The number of nitrogens with zero attached hydrogens (tertiary/aromatic N) is 2. The molecule has 0 fully saturated rings. The summed E-state index contributed by atoms with van der Waals surface area (Å²) < 4.78 is 14.6. The molecule has 3 aromatic rings. The monoisotopic (exact) mass is 452 g/mol. The molecule has 3 nitrogen and oxygen atoms in total. The van der Waals surface area contributed by atoms with E-state index in [4.69, 9.17) is 0 Å². The maximum absolute atomic E-state index is 14.0. The van der Waals surface area contributed by atoms with Crippen LogP contribution in [0.2, 0.25) is 0 Å². The molecule has 5 heteroatoms. The average Bonchev–Trinajstić information content (AvgIpc) is 2.71. The Labute approximate surface area is 179 Å². The van der Waals surface area contributed by atoms with Crippen LogP contribution >= 0.6 is 15.9 Å². The first-order valence-corrected chi connectivity index (χ1v) is 9.93. The molecule has 0 heterocycles. The number of hydrogen-bond donors (Lipinski definition) is 0. The van der Waals surface area contributed by atoms with Crippen LogP contribution in [0.5, 0.6) is 0 Å². The molecule has 148 valence electrons. The van der Waals surface area contributed by atoms with Gasteiger partial charge >= 0.3 is 0 Å². The number of benzene rings is 3. The SMILES string of the molecule is CN(C)c1ccccc1N(C)c1cccc(C=CC(=O)c2ccc(Br)cc2F)c1. The molecule has 0 aliphatic rings. The number of allylic oxidation sites excluding steroid dienone is 1. The van der Waals surface area contributed by atoms with E-state index < -0.39 is 5.82 Å². The van der Waals surface area contributed by atoms with Gasteiger partial charge in [0.05, 0.1) is 16.9 Å². The summed E-state index contributed by atoms with van der Waals surface area (Å²) in [7, 11) is 6.03. The van der Waals surface area contributed by atoms with E-state index in [1.807, 2.05) is 57.5 Å². The predicted octanol–water partition coefficient (Wildman–Crippen LogP) is 6.32. The van der Waals surface area contributed by atoms with E-state index in [9.17, 15) is 9.18 Å². The van der Waals surface area contributed by atoms with Gasteiger partial charge in [-0.2, -0.15) is 0 Å². The second kappa shape index (κ2) is 9.05. The van der Waals surface area contributed by atoms with Crippen molar-refractivity contribution in [3.8, 4) is 0 Å². The molecular formula is C24H22BrFN2O. The van der Waals surface area contributed by atoms with Gasteiger partial charge < -0.3 is 9.80 Å². The molecular weight excluding hydrogens is 431 g/mol. The summed E-state index contributed by atoms with van der Waals surface area (Å²) in [4.78, 5) is 16.5. The van der Waals surface area contributed by atoms with Gasteiger partial charge in [-0.1, -0.05) is 46.3 Å². The number of carbonyl (C=O) groups is 1. The lowest BCUT2D eigenvalue weighted by atomic mass is 10.1. The third-order valence-electron chi connectivity index (χ3n) is 4.61. The zero-order valence-electron chi connectivity index (χ0n) is 16.6. The molecule has 0 N–H and O–H groups in total. The van der Waals surface area contributed by atoms with E-state index in [1.54, 1.807) is 12.1 Å². The maximum Gasteiger partial charge on any atom is 0.188 e. The van der Waals surface area contributed by atoms with Crippen LogP contribution in [-0.4, -0.2) is 26.9 Å². The summed E-state index contributed by atoms with van der Waals surface area (Å²) >= 11 is 3.20. The van der Waals surface area contributed by atoms with Gasteiger partial charge in [-0.3, -0.25) is 4.79 Å². The standard InChI is InChI=1S/C24H22BrFN2O/c1-27(2)22-9-4-5-10-23(22)28(3)19-8-6-7-17(15-19)11-14-24(29)20-13-12-18(25)16-21(20)26/h4-16H,1-3H3. The van der Waals surface area contributed by atoms with Crippen molar-refractivity contribution >= 4 is 44.9 Å². The van der Waals surface area contributed by atoms with E-state index in [-0.39, 0.29) is 11.3 Å². The highest BCUT2D eigenvalue weighted by molar-refractivity contribution is 9.10. The molecule has 3 rings (SSSR count). The van der Waals surface area contributed by atoms with Crippen LogP contribution in [-0.2, 0) is 0 Å². The highest BCUT2D eigenvalue weighted by Crippen LogP contribution is 2.32. The van der Waals surface area contributed by atoms with Gasteiger partial charge in [0.2, 0.25) is 0 Å². The Hall–Kier alpha value is -2.92. The van der Waals surface area contributed by atoms with Gasteiger partial charge in [-0.05, 0) is 54.1 Å². The third kappa shape index (κ3) is 4.93. The molecule has 0 bridgehead atoms. The maximum atomic E-state index is 14.0. The van der Waals surface area contributed by atoms with E-state index >= 15 is 0 Å². The minimum atomic E-state index is -0.539. The number of ketones is 1. The van der Waals surface area contributed by atoms with E-state index in [0.29, 0.717) is 4.47 Å². The molecule has 0 spiro atoms. The fraction of sp³-hybridized carbons (Fsp3) is 0.125. The average molecular weight is 453 g/mol. The lowest BCUT2D eigenvalue weighted by Crippen LogP contribution is -2.16. The van der Waals surface area contributed by atoms with Crippen LogP contribution < -0.4 is 9.80 Å². The van der Waals surface area contributed by atoms with E-state index in [1.165, 1.54) is 18.2 Å². The Morgan fingerprint density at radius 3 is 2.34 bits per heavy atom. The van der Waals surface area contributed by atoms with Crippen molar-refractivity contribution in [2.45, 2.75) is 0 Å². The molecule has 0 unspecified atom stereocenters. The second-order valence-corrected chi connectivity index (χ2v) is 7.77. The lowest BCUT2D eigenvalue weighted by molar-refractivity contribution is 0.104. The zero-order chi connectivity index (χ0) is 21.0. The number of carbonyl (C=O) groups excluding carboxylic acids is 1. The van der Waals surface area contributed by atoms with Crippen molar-refractivity contribution in [3.63, 3.8) is 0 Å². The van der Waals surface area contributed by atoms with Gasteiger partial charge in [0.15, 0.2) is 5.78 Å². The Kier molecular flexibility index (Phi) is 6.49. The van der Waals surface area contributed by atoms with Crippen molar-refractivity contribution in [1.29, 1.82) is 0 Å². The second-order valence-electron chi connectivity index (χ2n) is 6.86. The Balaban J connectivity index is 1.84. The summed E-state index contributed by atoms with van der Waals surface area (Å²) in [5, 5.41) is 0. The molecule has 0 radical (unpaired) electrons. The largest absolute Gasteiger partial charge is 0.376 e. The number of para-hydroxylation sites is 2. The minimum Gasteiger partial charge on any atom is -0.376 e. The summed E-state index contributed by atoms with van der Waals surface area (Å²) in [6, 6.07) is 20.4. The van der Waals surface area contributed by atoms with Crippen LogP contribution in [0, 0.1) is 5.82 Å². The van der Waals surface area contributed by atoms with Crippen LogP contribution in [0.25, 0.3) is 6.08 Å². The van der Waals surface area contributed by atoms with Gasteiger partial charge in [-0.25, -0.2) is 4.39 Å². The van der Waals surface area contributed by atoms with Crippen molar-refractivity contribution < 1.29 is 9.18 Å². The Bertz CT molecular complexity index is 1060. The molecule has 0 amide bonds. The molecule has 29 heavy (non-hydrogen) atoms. The van der Waals surface area contributed by atoms with Crippen LogP contribution in [0.1, 0.15) is 15.9 Å². The zero-order valence-corrected chi connectivity index (χ0v) is 18.2. The van der Waals surface area contributed by atoms with Gasteiger partial charge in [0.1, 0.15) is 5.82 Å². The summed E-state index contributed by atoms with van der Waals surface area (Å²) in [6.07, 6.45) is 3.11. The molecule has 0 saturated carbocycles. The van der Waals surface area contributed by atoms with Crippen LogP contribution in [0.4, 0.5) is 21.5 Å². The lowest BCUT2D eigenvalue weighted by Gasteiger charge is -2.26. The van der Waals surface area contributed by atoms with Gasteiger partial charge in [-0.15, -0.1) is 0 Å². The van der Waals surface area contributed by atoms with Crippen molar-refractivity contribution in [3.05, 3.63) is 94.2 Å². The topological polar surface area (TPSA) is 23.6 Å². The summed E-state index contributed by atoms with van der Waals surface area (Å²) in [5.41, 5.74) is 4.09. The number of halogens is 2. The quantitative estimate of drug-likeness (QED) is 0.323. The third-order valence-corrected chi connectivity index (χ3v) is 5.10. The van der Waals surface area contributed by atoms with E-state index in [2.05, 4.69) is 37.9 Å². The van der Waals surface area contributed by atoms with Gasteiger partial charge in [0, 0.05) is 31.3 Å². The predicted molar refractivity (Wildman–Crippen MR) is 123 cm³/mol. The fourth-order valence-electron chi connectivity index (χ4n) is 3.05. The molecule has 0 atom stereocenters. The van der Waals surface area contributed by atoms with Crippen molar-refractivity contribution in [2.24, 2.45) is 0 Å². The van der Waals surface area contributed by atoms with Crippen LogP contribution in [0.3, 0.4) is 0 Å². The smallest absolute Gasteiger partial charge is 0.188 e. The normalized spacial score (nSPS) is 10.9. The molecule has 0 saturated heterocycles. The molecule has 0 aromatic heterocycles. The first-order chi connectivity index (χ1) is 13.9. The fourth-order valence-corrected chi connectivity index (χ4v) is 3.39. The highest BCUT2D eigenvalue weighted by atomic mass is 79.9. The summed E-state index contributed by atoms with van der Waals surface area (Å²) in [5.74, 6) is -0.908. The number of rotatable bonds is 6. The Morgan fingerprint density at radius 2 is 1.66 bits per heavy atom. The molecule has 0 aliphatic heterocycles.